The normalized spacial score (nSPS) is 21.5. The number of carbonyl (C=O) groups is 4. The SMILES string of the molecule is CC(C)(C(=O)Nc1ccc(C#N)c(C(F)(F)F)c1)n1cc(N2CCC(C3CN(c4ccc5c(c4)C(=O)N(C4CCC(=O)NC4=O)C5O)C3)CC2)cn1. The molecule has 2 unspecified atom stereocenters. The Labute approximate surface area is 297 Å². The molecular formula is C36H37F3N8O5. The number of aliphatic hydroxyl groups is 1. The van der Waals surface area contributed by atoms with Crippen molar-refractivity contribution in [3.63, 3.8) is 0 Å². The van der Waals surface area contributed by atoms with E-state index in [1.807, 2.05) is 6.07 Å². The highest BCUT2D eigenvalue weighted by Gasteiger charge is 2.45. The zero-order chi connectivity index (χ0) is 37.1. The van der Waals surface area contributed by atoms with Gasteiger partial charge in [0.25, 0.3) is 11.8 Å². The predicted octanol–water partition coefficient (Wildman–Crippen LogP) is 3.75. The van der Waals surface area contributed by atoms with Crippen molar-refractivity contribution in [1.29, 1.82) is 5.26 Å². The molecule has 7 rings (SSSR count). The van der Waals surface area contributed by atoms with Gasteiger partial charge in [0.15, 0.2) is 6.23 Å². The minimum atomic E-state index is -4.75. The van der Waals surface area contributed by atoms with E-state index < -0.39 is 58.7 Å². The number of fused-ring (bicyclic) bond motifs is 1. The predicted molar refractivity (Wildman–Crippen MR) is 181 cm³/mol. The van der Waals surface area contributed by atoms with Crippen molar-refractivity contribution >= 4 is 40.7 Å². The molecule has 2 atom stereocenters. The van der Waals surface area contributed by atoms with Gasteiger partial charge in [-0.3, -0.25) is 34.1 Å². The van der Waals surface area contributed by atoms with Crippen molar-refractivity contribution in [2.45, 2.75) is 63.5 Å². The molecule has 4 amide bonds. The number of nitriles is 1. The van der Waals surface area contributed by atoms with Gasteiger partial charge in [-0.25, -0.2) is 0 Å². The van der Waals surface area contributed by atoms with Crippen LogP contribution in [-0.2, 0) is 26.1 Å². The van der Waals surface area contributed by atoms with Crippen molar-refractivity contribution in [2.24, 2.45) is 11.8 Å². The summed E-state index contributed by atoms with van der Waals surface area (Å²) in [6, 6.07) is 9.05. The lowest BCUT2D eigenvalue weighted by Gasteiger charge is -2.47. The lowest BCUT2D eigenvalue weighted by molar-refractivity contribution is -0.140. The van der Waals surface area contributed by atoms with Crippen LogP contribution >= 0.6 is 0 Å². The first-order valence-electron chi connectivity index (χ1n) is 17.1. The van der Waals surface area contributed by atoms with Crippen LogP contribution in [0.1, 0.15) is 72.8 Å². The number of amides is 4. The van der Waals surface area contributed by atoms with Crippen LogP contribution in [0.25, 0.3) is 0 Å². The second-order valence-corrected chi connectivity index (χ2v) is 14.3. The Morgan fingerprint density at radius 3 is 2.40 bits per heavy atom. The Hall–Kier alpha value is -5.43. The van der Waals surface area contributed by atoms with Crippen molar-refractivity contribution in [2.75, 3.05) is 41.3 Å². The number of nitrogens with zero attached hydrogens (tertiary/aromatic N) is 6. The number of carbonyl (C=O) groups excluding carboxylic acids is 4. The Balaban J connectivity index is 0.923. The van der Waals surface area contributed by atoms with Gasteiger partial charge in [-0.2, -0.15) is 23.5 Å². The van der Waals surface area contributed by atoms with Crippen molar-refractivity contribution in [3.05, 3.63) is 71.0 Å². The fourth-order valence-corrected chi connectivity index (χ4v) is 7.59. The first-order valence-corrected chi connectivity index (χ1v) is 17.1. The maximum atomic E-state index is 13.4. The summed E-state index contributed by atoms with van der Waals surface area (Å²) in [5.74, 6) is -1.02. The second-order valence-electron chi connectivity index (χ2n) is 14.3. The van der Waals surface area contributed by atoms with Gasteiger partial charge in [0.05, 0.1) is 29.1 Å². The van der Waals surface area contributed by atoms with Gasteiger partial charge in [0, 0.05) is 61.3 Å². The first kappa shape index (κ1) is 35.0. The maximum Gasteiger partial charge on any atom is 0.417 e. The van der Waals surface area contributed by atoms with Crippen LogP contribution in [-0.4, -0.2) is 75.6 Å². The molecule has 5 heterocycles. The van der Waals surface area contributed by atoms with Gasteiger partial charge >= 0.3 is 6.18 Å². The molecule has 2 aromatic carbocycles. The number of imide groups is 1. The molecule has 3 aromatic rings. The van der Waals surface area contributed by atoms with Crippen molar-refractivity contribution < 1.29 is 37.5 Å². The highest BCUT2D eigenvalue weighted by atomic mass is 19.4. The summed E-state index contributed by atoms with van der Waals surface area (Å²) < 4.78 is 41.8. The van der Waals surface area contributed by atoms with E-state index in [9.17, 15) is 37.5 Å². The van der Waals surface area contributed by atoms with Crippen LogP contribution in [0.3, 0.4) is 0 Å². The molecule has 4 aliphatic rings. The van der Waals surface area contributed by atoms with Crippen LogP contribution in [0.2, 0.25) is 0 Å². The molecule has 3 saturated heterocycles. The van der Waals surface area contributed by atoms with E-state index in [2.05, 4.69) is 25.5 Å². The van der Waals surface area contributed by atoms with Gasteiger partial charge in [-0.15, -0.1) is 0 Å². The summed E-state index contributed by atoms with van der Waals surface area (Å²) in [7, 11) is 0. The highest BCUT2D eigenvalue weighted by Crippen LogP contribution is 2.41. The molecule has 0 aliphatic carbocycles. The molecule has 0 bridgehead atoms. The summed E-state index contributed by atoms with van der Waals surface area (Å²) >= 11 is 0. The Morgan fingerprint density at radius 1 is 1.00 bits per heavy atom. The summed E-state index contributed by atoms with van der Waals surface area (Å²) in [5.41, 5.74) is -0.445. The molecule has 0 spiro atoms. The van der Waals surface area contributed by atoms with E-state index in [0.29, 0.717) is 23.0 Å². The lowest BCUT2D eigenvalue weighted by Crippen LogP contribution is -2.53. The van der Waals surface area contributed by atoms with Crippen LogP contribution in [0.15, 0.2) is 48.8 Å². The number of aliphatic hydroxyl groups excluding tert-OH is 1. The topological polar surface area (TPSA) is 164 Å². The van der Waals surface area contributed by atoms with E-state index in [-0.39, 0.29) is 18.5 Å². The number of rotatable bonds is 7. The van der Waals surface area contributed by atoms with Crippen LogP contribution in [0, 0.1) is 23.2 Å². The summed E-state index contributed by atoms with van der Waals surface area (Å²) in [6.07, 6.45) is -0.399. The number of nitrogens with one attached hydrogen (secondary N) is 2. The third-order valence-corrected chi connectivity index (χ3v) is 10.8. The van der Waals surface area contributed by atoms with E-state index in [0.717, 1.165) is 67.4 Å². The molecule has 16 heteroatoms. The van der Waals surface area contributed by atoms with Gasteiger partial charge in [-0.1, -0.05) is 6.07 Å². The molecule has 3 fully saturated rings. The number of halogens is 3. The van der Waals surface area contributed by atoms with E-state index in [4.69, 9.17) is 5.26 Å². The third kappa shape index (κ3) is 6.23. The zero-order valence-electron chi connectivity index (χ0n) is 28.5. The second kappa shape index (κ2) is 13.0. The molecule has 3 N–H and O–H groups in total. The molecule has 0 saturated carbocycles. The van der Waals surface area contributed by atoms with Crippen LogP contribution < -0.4 is 20.4 Å². The Kier molecular flexibility index (Phi) is 8.72. The van der Waals surface area contributed by atoms with Gasteiger partial charge < -0.3 is 20.2 Å². The molecule has 52 heavy (non-hydrogen) atoms. The van der Waals surface area contributed by atoms with Gasteiger partial charge in [0.2, 0.25) is 11.8 Å². The summed E-state index contributed by atoms with van der Waals surface area (Å²) in [5, 5.41) is 29.1. The minimum absolute atomic E-state index is 0.0757. The number of hydrogen-bond acceptors (Lipinski definition) is 9. The van der Waals surface area contributed by atoms with Gasteiger partial charge in [0.1, 0.15) is 11.6 Å². The molecule has 1 aromatic heterocycles. The minimum Gasteiger partial charge on any atom is -0.371 e. The first-order chi connectivity index (χ1) is 24.6. The zero-order valence-corrected chi connectivity index (χ0v) is 28.5. The van der Waals surface area contributed by atoms with E-state index in [1.165, 1.54) is 16.8 Å². The average molecular weight is 719 g/mol. The smallest absolute Gasteiger partial charge is 0.371 e. The van der Waals surface area contributed by atoms with Crippen LogP contribution in [0.5, 0.6) is 0 Å². The molecular weight excluding hydrogens is 681 g/mol. The summed E-state index contributed by atoms with van der Waals surface area (Å²) in [4.78, 5) is 56.1. The van der Waals surface area contributed by atoms with Crippen LogP contribution in [0.4, 0.5) is 30.2 Å². The van der Waals surface area contributed by atoms with E-state index in [1.54, 1.807) is 38.4 Å². The number of benzene rings is 2. The molecule has 4 aliphatic heterocycles. The number of anilines is 3. The lowest BCUT2D eigenvalue weighted by atomic mass is 9.79. The highest BCUT2D eigenvalue weighted by molar-refractivity contribution is 6.06. The third-order valence-electron chi connectivity index (χ3n) is 10.8. The molecule has 272 valence electrons. The largest absolute Gasteiger partial charge is 0.417 e. The van der Waals surface area contributed by atoms with Gasteiger partial charge in [-0.05, 0) is 75.3 Å². The van der Waals surface area contributed by atoms with Crippen molar-refractivity contribution in [3.8, 4) is 6.07 Å². The Bertz CT molecular complexity index is 1990. The number of aromatic nitrogens is 2. The average Bonchev–Trinajstić information content (AvgIpc) is 3.68. The number of piperidine rings is 2. The quantitative estimate of drug-likeness (QED) is 0.309. The summed E-state index contributed by atoms with van der Waals surface area (Å²) in [6.45, 7) is 6.45. The maximum absolute atomic E-state index is 13.4. The standard InChI is InChI=1S/C36H37F3N8O5/c1-35(2,34(52)42-23-4-3-21(15-40)28(13-23)36(37,38)39)46-19-25(16-41-46)44-11-9-20(10-12-44)22-17-45(18-22)24-5-6-26-27(14-24)33(51)47(32(26)50)29-7-8-30(48)43-31(29)49/h3-6,13-14,16,19-20,22,29,32,50H,7-12,17-18H2,1-2H3,(H,42,52)(H,43,48,49). The Morgan fingerprint density at radius 2 is 1.73 bits per heavy atom. The van der Waals surface area contributed by atoms with Crippen molar-refractivity contribution in [1.82, 2.24) is 20.0 Å². The molecule has 0 radical (unpaired) electrons. The fourth-order valence-electron chi connectivity index (χ4n) is 7.59. The number of alkyl halides is 3. The van der Waals surface area contributed by atoms with E-state index >= 15 is 0 Å². The number of hydrogen-bond donors (Lipinski definition) is 3. The molecule has 13 nitrogen and oxygen atoms in total. The fraction of sp³-hybridized carbons (Fsp3) is 0.444. The monoisotopic (exact) mass is 718 g/mol.